The Morgan fingerprint density at radius 2 is 2.28 bits per heavy atom. The molecular formula is C14H30N2O2. The van der Waals surface area contributed by atoms with Crippen LogP contribution in [0.2, 0.25) is 0 Å². The average Bonchev–Trinajstić information content (AvgIpc) is 2.39. The van der Waals surface area contributed by atoms with Crippen molar-refractivity contribution in [3.63, 3.8) is 0 Å². The zero-order valence-corrected chi connectivity index (χ0v) is 12.3. The predicted molar refractivity (Wildman–Crippen MR) is 75.0 cm³/mol. The number of likely N-dealkylation sites (tertiary alicyclic amines) is 1. The molecule has 1 fully saturated rings. The number of ether oxygens (including phenoxy) is 2. The second-order valence-corrected chi connectivity index (χ2v) is 5.11. The highest BCUT2D eigenvalue weighted by atomic mass is 16.5. The highest BCUT2D eigenvalue weighted by Gasteiger charge is 2.23. The van der Waals surface area contributed by atoms with E-state index in [-0.39, 0.29) is 0 Å². The van der Waals surface area contributed by atoms with E-state index in [0.717, 1.165) is 39.3 Å². The molecular weight excluding hydrogens is 228 g/mol. The van der Waals surface area contributed by atoms with Gasteiger partial charge < -0.3 is 14.8 Å². The highest BCUT2D eigenvalue weighted by molar-refractivity contribution is 4.78. The summed E-state index contributed by atoms with van der Waals surface area (Å²) in [5, 5.41) is 3.50. The van der Waals surface area contributed by atoms with Gasteiger partial charge in [-0.3, -0.25) is 4.90 Å². The largest absolute Gasteiger partial charge is 0.385 e. The smallest absolute Gasteiger partial charge is 0.0702 e. The molecule has 0 aromatic rings. The van der Waals surface area contributed by atoms with Gasteiger partial charge in [0.2, 0.25) is 0 Å². The van der Waals surface area contributed by atoms with Crippen LogP contribution in [0.1, 0.15) is 33.1 Å². The van der Waals surface area contributed by atoms with Gasteiger partial charge in [0.25, 0.3) is 0 Å². The molecule has 0 radical (unpaired) electrons. The van der Waals surface area contributed by atoms with Crippen LogP contribution in [0.5, 0.6) is 0 Å². The second-order valence-electron chi connectivity index (χ2n) is 5.11. The van der Waals surface area contributed by atoms with Crippen LogP contribution in [0.25, 0.3) is 0 Å². The molecule has 18 heavy (non-hydrogen) atoms. The summed E-state index contributed by atoms with van der Waals surface area (Å²) in [5.74, 6) is 0. The third-order valence-electron chi connectivity index (χ3n) is 3.58. The molecule has 0 aromatic heterocycles. The van der Waals surface area contributed by atoms with Crippen molar-refractivity contribution in [1.29, 1.82) is 0 Å². The van der Waals surface area contributed by atoms with Crippen molar-refractivity contribution in [2.24, 2.45) is 0 Å². The number of nitrogens with zero attached hydrogens (tertiary/aromatic N) is 1. The number of nitrogens with one attached hydrogen (secondary N) is 1. The van der Waals surface area contributed by atoms with Crippen molar-refractivity contribution in [2.75, 3.05) is 46.5 Å². The Labute approximate surface area is 112 Å². The van der Waals surface area contributed by atoms with Gasteiger partial charge in [-0.05, 0) is 46.2 Å². The van der Waals surface area contributed by atoms with Gasteiger partial charge in [0.05, 0.1) is 6.10 Å². The molecule has 0 amide bonds. The van der Waals surface area contributed by atoms with Crippen molar-refractivity contribution < 1.29 is 9.47 Å². The van der Waals surface area contributed by atoms with Gasteiger partial charge in [-0.25, -0.2) is 0 Å². The first-order chi connectivity index (χ1) is 8.77. The molecule has 4 heteroatoms. The standard InChI is InChI=1S/C14H30N2O2/c1-4-18-14-7-5-9-16(12-14)13(2)11-15-8-6-10-17-3/h13-15H,4-12H2,1-3H3. The van der Waals surface area contributed by atoms with Crippen LogP contribution in [0.3, 0.4) is 0 Å². The second kappa shape index (κ2) is 9.73. The first-order valence-electron chi connectivity index (χ1n) is 7.33. The molecule has 0 aromatic carbocycles. The summed E-state index contributed by atoms with van der Waals surface area (Å²) in [6.07, 6.45) is 4.02. The summed E-state index contributed by atoms with van der Waals surface area (Å²) < 4.78 is 10.8. The lowest BCUT2D eigenvalue weighted by Gasteiger charge is -2.36. The molecule has 1 N–H and O–H groups in total. The molecule has 1 aliphatic heterocycles. The van der Waals surface area contributed by atoms with Crippen molar-refractivity contribution in [1.82, 2.24) is 10.2 Å². The Hall–Kier alpha value is -0.160. The van der Waals surface area contributed by atoms with Crippen LogP contribution in [0.4, 0.5) is 0 Å². The van der Waals surface area contributed by atoms with Crippen LogP contribution in [-0.4, -0.2) is 63.5 Å². The summed E-state index contributed by atoms with van der Waals surface area (Å²) in [7, 11) is 1.75. The first-order valence-corrected chi connectivity index (χ1v) is 7.33. The summed E-state index contributed by atoms with van der Waals surface area (Å²) in [6, 6.07) is 0.593. The number of piperidine rings is 1. The minimum atomic E-state index is 0.444. The van der Waals surface area contributed by atoms with Crippen molar-refractivity contribution in [3.8, 4) is 0 Å². The fourth-order valence-corrected chi connectivity index (χ4v) is 2.52. The lowest BCUT2D eigenvalue weighted by atomic mass is 10.1. The highest BCUT2D eigenvalue weighted by Crippen LogP contribution is 2.15. The Balaban J connectivity index is 2.13. The maximum absolute atomic E-state index is 5.74. The SMILES string of the molecule is CCOC1CCCN(C(C)CNCCCOC)C1. The quantitative estimate of drug-likeness (QED) is 0.636. The minimum absolute atomic E-state index is 0.444. The summed E-state index contributed by atoms with van der Waals surface area (Å²) in [6.45, 7) is 10.5. The predicted octanol–water partition coefficient (Wildman–Crippen LogP) is 1.50. The van der Waals surface area contributed by atoms with Crippen LogP contribution >= 0.6 is 0 Å². The summed E-state index contributed by atoms with van der Waals surface area (Å²) in [5.41, 5.74) is 0. The molecule has 0 saturated carbocycles. The zero-order valence-electron chi connectivity index (χ0n) is 12.3. The zero-order chi connectivity index (χ0) is 13.2. The Morgan fingerprint density at radius 1 is 1.44 bits per heavy atom. The molecule has 2 unspecified atom stereocenters. The normalized spacial score (nSPS) is 23.2. The lowest BCUT2D eigenvalue weighted by molar-refractivity contribution is -0.00487. The number of hydrogen-bond donors (Lipinski definition) is 1. The van der Waals surface area contributed by atoms with Gasteiger partial charge in [0.1, 0.15) is 0 Å². The Bertz CT molecular complexity index is 200. The van der Waals surface area contributed by atoms with Crippen LogP contribution in [0.15, 0.2) is 0 Å². The molecule has 0 bridgehead atoms. The van der Waals surface area contributed by atoms with Gasteiger partial charge in [-0.15, -0.1) is 0 Å². The van der Waals surface area contributed by atoms with E-state index in [1.54, 1.807) is 7.11 Å². The summed E-state index contributed by atoms with van der Waals surface area (Å²) in [4.78, 5) is 2.55. The number of hydrogen-bond acceptors (Lipinski definition) is 4. The van der Waals surface area contributed by atoms with Crippen LogP contribution in [0, 0.1) is 0 Å². The third kappa shape index (κ3) is 6.14. The molecule has 1 heterocycles. The maximum atomic E-state index is 5.74. The van der Waals surface area contributed by atoms with Crippen molar-refractivity contribution >= 4 is 0 Å². The molecule has 1 rings (SSSR count). The molecule has 4 nitrogen and oxygen atoms in total. The summed E-state index contributed by atoms with van der Waals surface area (Å²) >= 11 is 0. The van der Waals surface area contributed by atoms with Crippen LogP contribution in [-0.2, 0) is 9.47 Å². The van der Waals surface area contributed by atoms with Crippen molar-refractivity contribution in [2.45, 2.75) is 45.3 Å². The van der Waals surface area contributed by atoms with Gasteiger partial charge in [-0.1, -0.05) is 0 Å². The van der Waals surface area contributed by atoms with Gasteiger partial charge in [-0.2, -0.15) is 0 Å². The van der Waals surface area contributed by atoms with Gasteiger partial charge in [0, 0.05) is 39.5 Å². The van der Waals surface area contributed by atoms with E-state index in [2.05, 4.69) is 24.1 Å². The Morgan fingerprint density at radius 3 is 3.00 bits per heavy atom. The molecule has 1 saturated heterocycles. The fraction of sp³-hybridized carbons (Fsp3) is 1.00. The number of methoxy groups -OCH3 is 1. The molecule has 108 valence electrons. The van der Waals surface area contributed by atoms with E-state index < -0.39 is 0 Å². The maximum Gasteiger partial charge on any atom is 0.0702 e. The van der Waals surface area contributed by atoms with E-state index >= 15 is 0 Å². The van der Waals surface area contributed by atoms with Crippen molar-refractivity contribution in [3.05, 3.63) is 0 Å². The topological polar surface area (TPSA) is 33.7 Å². The molecule has 2 atom stereocenters. The van der Waals surface area contributed by atoms with Gasteiger partial charge in [0.15, 0.2) is 0 Å². The number of rotatable bonds is 9. The molecule has 0 spiro atoms. The van der Waals surface area contributed by atoms with E-state index in [9.17, 15) is 0 Å². The fourth-order valence-electron chi connectivity index (χ4n) is 2.52. The third-order valence-corrected chi connectivity index (χ3v) is 3.58. The monoisotopic (exact) mass is 258 g/mol. The molecule has 1 aliphatic rings. The van der Waals surface area contributed by atoms with E-state index in [0.29, 0.717) is 12.1 Å². The van der Waals surface area contributed by atoms with E-state index in [1.807, 2.05) is 0 Å². The molecule has 0 aliphatic carbocycles. The lowest BCUT2D eigenvalue weighted by Crippen LogP contribution is -2.48. The van der Waals surface area contributed by atoms with Crippen LogP contribution < -0.4 is 5.32 Å². The van der Waals surface area contributed by atoms with E-state index in [1.165, 1.54) is 19.4 Å². The van der Waals surface area contributed by atoms with Gasteiger partial charge >= 0.3 is 0 Å². The van der Waals surface area contributed by atoms with E-state index in [4.69, 9.17) is 9.47 Å². The Kier molecular flexibility index (Phi) is 8.59. The first kappa shape index (κ1) is 15.9. The average molecular weight is 258 g/mol. The minimum Gasteiger partial charge on any atom is -0.385 e.